The smallest absolute Gasteiger partial charge is 0.118 e. The summed E-state index contributed by atoms with van der Waals surface area (Å²) in [6.45, 7) is 2.20. The maximum absolute atomic E-state index is 9.20. The molecule has 0 aliphatic rings. The Morgan fingerprint density at radius 1 is 1.50 bits per heavy atom. The van der Waals surface area contributed by atoms with Crippen LogP contribution in [0.2, 0.25) is 0 Å². The number of benzene rings is 1. The summed E-state index contributed by atoms with van der Waals surface area (Å²) in [5.74, 6) is 5.93. The molecule has 1 aromatic rings. The van der Waals surface area contributed by atoms with E-state index in [-0.39, 0.29) is 0 Å². The summed E-state index contributed by atoms with van der Waals surface area (Å²) in [5, 5.41) is 9.20. The number of hydrogen-bond acceptors (Lipinski definition) is 2. The molecule has 3 N–H and O–H groups in total. The van der Waals surface area contributed by atoms with Crippen molar-refractivity contribution in [3.63, 3.8) is 0 Å². The fraction of sp³-hybridized carbons (Fsp3) is 0.200. The first kappa shape index (κ1) is 8.63. The van der Waals surface area contributed by atoms with Crippen LogP contribution in [-0.2, 0) is 0 Å². The number of aryl methyl sites for hydroxylation is 1. The molecule has 0 bridgehead atoms. The molecule has 0 spiro atoms. The van der Waals surface area contributed by atoms with Crippen molar-refractivity contribution in [2.24, 2.45) is 5.73 Å². The molecule has 62 valence electrons. The lowest BCUT2D eigenvalue weighted by atomic mass is 10.1. The Labute approximate surface area is 72.0 Å². The molecule has 0 unspecified atom stereocenters. The quantitative estimate of drug-likeness (QED) is 0.558. The van der Waals surface area contributed by atoms with Crippen molar-refractivity contribution in [2.75, 3.05) is 6.54 Å². The number of phenols is 1. The van der Waals surface area contributed by atoms with E-state index >= 15 is 0 Å². The lowest BCUT2D eigenvalue weighted by molar-refractivity contribution is 0.471. The SMILES string of the molecule is Cc1cc(C#CCN)ccc1O. The summed E-state index contributed by atoms with van der Waals surface area (Å²) in [6.07, 6.45) is 0. The van der Waals surface area contributed by atoms with E-state index in [9.17, 15) is 5.11 Å². The van der Waals surface area contributed by atoms with Crippen LogP contribution in [-0.4, -0.2) is 11.7 Å². The van der Waals surface area contributed by atoms with Crippen molar-refractivity contribution in [2.45, 2.75) is 6.92 Å². The minimum Gasteiger partial charge on any atom is -0.508 e. The number of hydrogen-bond donors (Lipinski definition) is 2. The molecule has 0 aliphatic heterocycles. The molecule has 1 rings (SSSR count). The van der Waals surface area contributed by atoms with Gasteiger partial charge in [0.05, 0.1) is 6.54 Å². The monoisotopic (exact) mass is 161 g/mol. The van der Waals surface area contributed by atoms with E-state index in [0.29, 0.717) is 12.3 Å². The number of nitrogens with two attached hydrogens (primary N) is 1. The highest BCUT2D eigenvalue weighted by Crippen LogP contribution is 2.15. The van der Waals surface area contributed by atoms with Crippen LogP contribution in [0, 0.1) is 18.8 Å². The summed E-state index contributed by atoms with van der Waals surface area (Å²) in [5.41, 5.74) is 6.94. The first-order valence-electron chi connectivity index (χ1n) is 3.72. The highest BCUT2D eigenvalue weighted by Gasteiger charge is 1.94. The first-order chi connectivity index (χ1) is 5.74. The summed E-state index contributed by atoms with van der Waals surface area (Å²) in [6, 6.07) is 5.23. The van der Waals surface area contributed by atoms with Gasteiger partial charge in [-0.15, -0.1) is 0 Å². The predicted octanol–water partition coefficient (Wildman–Crippen LogP) is 1.01. The summed E-state index contributed by atoms with van der Waals surface area (Å²) in [4.78, 5) is 0. The molecule has 0 fully saturated rings. The Bertz CT molecular complexity index is 333. The average Bonchev–Trinajstić information content (AvgIpc) is 2.07. The summed E-state index contributed by atoms with van der Waals surface area (Å²) >= 11 is 0. The minimum absolute atomic E-state index is 0.299. The second-order valence-electron chi connectivity index (χ2n) is 2.51. The van der Waals surface area contributed by atoms with Crippen molar-refractivity contribution in [3.8, 4) is 17.6 Å². The van der Waals surface area contributed by atoms with Gasteiger partial charge in [-0.3, -0.25) is 0 Å². The Morgan fingerprint density at radius 3 is 2.83 bits per heavy atom. The third-order valence-corrected chi connectivity index (χ3v) is 1.53. The molecule has 0 saturated heterocycles. The molecular formula is C10H11NO. The zero-order valence-electron chi connectivity index (χ0n) is 6.96. The van der Waals surface area contributed by atoms with E-state index in [1.165, 1.54) is 0 Å². The fourth-order valence-corrected chi connectivity index (χ4v) is 0.886. The molecule has 0 amide bonds. The van der Waals surface area contributed by atoms with Crippen LogP contribution in [0.3, 0.4) is 0 Å². The molecule has 0 heterocycles. The Hall–Kier alpha value is -1.46. The van der Waals surface area contributed by atoms with Gasteiger partial charge in [0.25, 0.3) is 0 Å². The maximum Gasteiger partial charge on any atom is 0.118 e. The molecule has 0 saturated carbocycles. The fourth-order valence-electron chi connectivity index (χ4n) is 0.886. The van der Waals surface area contributed by atoms with Gasteiger partial charge < -0.3 is 10.8 Å². The van der Waals surface area contributed by atoms with Crippen LogP contribution in [0.25, 0.3) is 0 Å². The highest BCUT2D eigenvalue weighted by atomic mass is 16.3. The van der Waals surface area contributed by atoms with Crippen LogP contribution in [0.5, 0.6) is 5.75 Å². The van der Waals surface area contributed by atoms with Crippen LogP contribution in [0.4, 0.5) is 0 Å². The van der Waals surface area contributed by atoms with Gasteiger partial charge in [-0.25, -0.2) is 0 Å². The molecule has 0 atom stereocenters. The molecule has 1 aromatic carbocycles. The van der Waals surface area contributed by atoms with Crippen LogP contribution in [0.15, 0.2) is 18.2 Å². The third-order valence-electron chi connectivity index (χ3n) is 1.53. The van der Waals surface area contributed by atoms with Gasteiger partial charge in [-0.1, -0.05) is 11.8 Å². The van der Waals surface area contributed by atoms with Crippen LogP contribution in [0.1, 0.15) is 11.1 Å². The Kier molecular flexibility index (Phi) is 2.73. The molecule has 0 radical (unpaired) electrons. The minimum atomic E-state index is 0.299. The number of phenolic OH excluding ortho intramolecular Hbond substituents is 1. The molecule has 0 aliphatic carbocycles. The van der Waals surface area contributed by atoms with Gasteiger partial charge in [0, 0.05) is 5.56 Å². The third kappa shape index (κ3) is 2.01. The van der Waals surface area contributed by atoms with E-state index in [1.807, 2.05) is 13.0 Å². The van der Waals surface area contributed by atoms with Gasteiger partial charge in [0.2, 0.25) is 0 Å². The van der Waals surface area contributed by atoms with Crippen LogP contribution >= 0.6 is 0 Å². The lowest BCUT2D eigenvalue weighted by Gasteiger charge is -1.97. The number of rotatable bonds is 0. The van der Waals surface area contributed by atoms with Gasteiger partial charge in [-0.05, 0) is 30.7 Å². The zero-order valence-corrected chi connectivity index (χ0v) is 6.96. The van der Waals surface area contributed by atoms with E-state index < -0.39 is 0 Å². The maximum atomic E-state index is 9.20. The normalized spacial score (nSPS) is 8.83. The predicted molar refractivity (Wildman–Crippen MR) is 48.8 cm³/mol. The topological polar surface area (TPSA) is 46.2 Å². The van der Waals surface area contributed by atoms with E-state index in [4.69, 9.17) is 5.73 Å². The van der Waals surface area contributed by atoms with Crippen molar-refractivity contribution >= 4 is 0 Å². The summed E-state index contributed by atoms with van der Waals surface area (Å²) in [7, 11) is 0. The Morgan fingerprint density at radius 2 is 2.25 bits per heavy atom. The van der Waals surface area contributed by atoms with Crippen molar-refractivity contribution in [1.29, 1.82) is 0 Å². The lowest BCUT2D eigenvalue weighted by Crippen LogP contribution is -1.93. The Balaban J connectivity index is 2.97. The van der Waals surface area contributed by atoms with E-state index in [2.05, 4.69) is 11.8 Å². The summed E-state index contributed by atoms with van der Waals surface area (Å²) < 4.78 is 0. The van der Waals surface area contributed by atoms with Crippen LogP contribution < -0.4 is 5.73 Å². The zero-order chi connectivity index (χ0) is 8.97. The van der Waals surface area contributed by atoms with Crippen molar-refractivity contribution < 1.29 is 5.11 Å². The van der Waals surface area contributed by atoms with E-state index in [0.717, 1.165) is 11.1 Å². The van der Waals surface area contributed by atoms with Crippen molar-refractivity contribution in [3.05, 3.63) is 29.3 Å². The van der Waals surface area contributed by atoms with Gasteiger partial charge in [0.1, 0.15) is 5.75 Å². The van der Waals surface area contributed by atoms with Crippen molar-refractivity contribution in [1.82, 2.24) is 0 Å². The number of aromatic hydroxyl groups is 1. The molecule has 2 nitrogen and oxygen atoms in total. The second kappa shape index (κ2) is 3.80. The van der Waals surface area contributed by atoms with Gasteiger partial charge in [0.15, 0.2) is 0 Å². The second-order valence-corrected chi connectivity index (χ2v) is 2.51. The highest BCUT2D eigenvalue weighted by molar-refractivity contribution is 5.42. The molecular weight excluding hydrogens is 150 g/mol. The van der Waals surface area contributed by atoms with E-state index in [1.54, 1.807) is 12.1 Å². The molecule has 12 heavy (non-hydrogen) atoms. The average molecular weight is 161 g/mol. The standard InChI is InChI=1S/C10H11NO/c1-8-7-9(3-2-6-11)4-5-10(8)12/h4-5,7,12H,6,11H2,1H3. The van der Waals surface area contributed by atoms with Gasteiger partial charge in [-0.2, -0.15) is 0 Å². The van der Waals surface area contributed by atoms with Gasteiger partial charge >= 0.3 is 0 Å². The first-order valence-corrected chi connectivity index (χ1v) is 3.72. The molecule has 2 heteroatoms. The molecule has 0 aromatic heterocycles. The largest absolute Gasteiger partial charge is 0.508 e.